The highest BCUT2D eigenvalue weighted by atomic mass is 29.1. The molecule has 0 aromatic heterocycles. The van der Waals surface area contributed by atoms with Crippen molar-refractivity contribution in [1.82, 2.24) is 0 Å². The van der Waals surface area contributed by atoms with Gasteiger partial charge < -0.3 is 9.47 Å². The van der Waals surface area contributed by atoms with E-state index in [0.717, 1.165) is 46.2 Å². The molecule has 0 atom stereocenters. The van der Waals surface area contributed by atoms with Gasteiger partial charge in [-0.15, -0.1) is 13.2 Å². The number of hydrogen-bond acceptors (Lipinski definition) is 3. The molecule has 2 aromatic carbocycles. The second-order valence-electron chi connectivity index (χ2n) is 8.47. The Labute approximate surface area is 190 Å². The molecule has 0 amide bonds. The van der Waals surface area contributed by atoms with Gasteiger partial charge in [-0.3, -0.25) is 0 Å². The van der Waals surface area contributed by atoms with E-state index in [9.17, 15) is 22.4 Å². The molecule has 174 valence electrons. The summed E-state index contributed by atoms with van der Waals surface area (Å²) in [7, 11) is 0.831. The average Bonchev–Trinajstić information content (AvgIpc) is 2.75. The van der Waals surface area contributed by atoms with Crippen LogP contribution in [0.15, 0.2) is 42.5 Å². The van der Waals surface area contributed by atoms with E-state index in [1.54, 1.807) is 0 Å². The molecule has 9 heteroatoms. The number of carbonyl (C=O) groups excluding carboxylic acids is 1. The van der Waals surface area contributed by atoms with Gasteiger partial charge in [-0.05, 0) is 88.4 Å². The monoisotopic (exact) mass is 484 g/mol. The number of esters is 1. The van der Waals surface area contributed by atoms with Crippen molar-refractivity contribution >= 4 is 24.8 Å². The van der Waals surface area contributed by atoms with Crippen LogP contribution in [-0.2, 0) is 5.04 Å². The predicted octanol–water partition coefficient (Wildman–Crippen LogP) is 4.58. The first kappa shape index (κ1) is 24.5. The number of ether oxygens (including phenoxy) is 2. The van der Waals surface area contributed by atoms with Crippen molar-refractivity contribution in [3.8, 4) is 11.5 Å². The molecule has 0 bridgehead atoms. The van der Waals surface area contributed by atoms with Gasteiger partial charge in [-0.1, -0.05) is 25.8 Å². The molecule has 1 aliphatic carbocycles. The third kappa shape index (κ3) is 6.01. The Bertz CT molecular complexity index is 924. The lowest BCUT2D eigenvalue weighted by Crippen LogP contribution is -2.38. The van der Waals surface area contributed by atoms with E-state index in [-0.39, 0.29) is 25.4 Å². The maximum atomic E-state index is 14.9. The SMILES string of the molecule is CCC[C@H]1CC[C@]([SiH2][SiH3])(c2ccc(C(=O)Oc3ccc(OC(F)(F)F)cc3)c(F)c2)CC1. The molecule has 0 spiro atoms. The van der Waals surface area contributed by atoms with Crippen molar-refractivity contribution in [3.63, 3.8) is 0 Å². The van der Waals surface area contributed by atoms with Gasteiger partial charge in [-0.2, -0.15) is 0 Å². The van der Waals surface area contributed by atoms with Gasteiger partial charge in [0.1, 0.15) is 17.3 Å². The van der Waals surface area contributed by atoms with E-state index in [0.29, 0.717) is 0 Å². The van der Waals surface area contributed by atoms with E-state index in [2.05, 4.69) is 11.7 Å². The first-order valence-electron chi connectivity index (χ1n) is 11.0. The predicted molar refractivity (Wildman–Crippen MR) is 122 cm³/mol. The van der Waals surface area contributed by atoms with E-state index >= 15 is 0 Å². The smallest absolute Gasteiger partial charge is 0.423 e. The molecule has 0 heterocycles. The molecule has 0 aliphatic heterocycles. The Kier molecular flexibility index (Phi) is 7.81. The zero-order valence-corrected chi connectivity index (χ0v) is 21.7. The molecule has 0 radical (unpaired) electrons. The summed E-state index contributed by atoms with van der Waals surface area (Å²) in [6.07, 6.45) is 2.21. The van der Waals surface area contributed by atoms with Crippen LogP contribution in [0.1, 0.15) is 61.4 Å². The van der Waals surface area contributed by atoms with E-state index in [1.807, 2.05) is 6.07 Å². The first-order valence-corrected chi connectivity index (χ1v) is 17.4. The second kappa shape index (κ2) is 10.2. The summed E-state index contributed by atoms with van der Waals surface area (Å²) >= 11 is 0. The number of alkyl halides is 3. The highest BCUT2D eigenvalue weighted by Crippen LogP contribution is 2.42. The lowest BCUT2D eigenvalue weighted by atomic mass is 9.76. The summed E-state index contributed by atoms with van der Waals surface area (Å²) in [5.74, 6) is -1.17. The molecular formula is C23H28F4O3Si2. The van der Waals surface area contributed by atoms with Crippen molar-refractivity contribution in [2.75, 3.05) is 0 Å². The normalized spacial score (nSPS) is 21.7. The van der Waals surface area contributed by atoms with E-state index < -0.39 is 23.9 Å². The van der Waals surface area contributed by atoms with Crippen molar-refractivity contribution in [1.29, 1.82) is 0 Å². The van der Waals surface area contributed by atoms with Crippen molar-refractivity contribution in [2.45, 2.75) is 56.8 Å². The zero-order chi connectivity index (χ0) is 23.4. The largest absolute Gasteiger partial charge is 0.573 e. The molecule has 2 aromatic rings. The fourth-order valence-corrected chi connectivity index (χ4v) is 9.74. The summed E-state index contributed by atoms with van der Waals surface area (Å²) in [5.41, 5.74) is 0.811. The lowest BCUT2D eigenvalue weighted by molar-refractivity contribution is -0.274. The number of benzene rings is 2. The van der Waals surface area contributed by atoms with Crippen molar-refractivity contribution in [2.24, 2.45) is 5.92 Å². The van der Waals surface area contributed by atoms with Crippen LogP contribution in [0, 0.1) is 11.7 Å². The van der Waals surface area contributed by atoms with Crippen molar-refractivity contribution in [3.05, 3.63) is 59.4 Å². The Morgan fingerprint density at radius 3 is 2.28 bits per heavy atom. The average molecular weight is 485 g/mol. The molecule has 3 nitrogen and oxygen atoms in total. The quantitative estimate of drug-likeness (QED) is 0.250. The summed E-state index contributed by atoms with van der Waals surface area (Å²) in [6.45, 7) is 2.21. The lowest BCUT2D eigenvalue weighted by Gasteiger charge is -2.40. The Balaban J connectivity index is 1.70. The summed E-state index contributed by atoms with van der Waals surface area (Å²) < 4.78 is 60.6. The number of carbonyl (C=O) groups is 1. The maximum Gasteiger partial charge on any atom is 0.573 e. The third-order valence-corrected chi connectivity index (χ3v) is 13.0. The molecule has 1 saturated carbocycles. The first-order chi connectivity index (χ1) is 15.2. The van der Waals surface area contributed by atoms with Crippen LogP contribution in [0.3, 0.4) is 0 Å². The maximum absolute atomic E-state index is 14.9. The zero-order valence-electron chi connectivity index (χ0n) is 18.3. The van der Waals surface area contributed by atoms with Gasteiger partial charge in [-0.25, -0.2) is 9.18 Å². The van der Waals surface area contributed by atoms with Crippen LogP contribution >= 0.6 is 0 Å². The highest BCUT2D eigenvalue weighted by molar-refractivity contribution is 6.91. The van der Waals surface area contributed by atoms with Crippen LogP contribution in [0.2, 0.25) is 0 Å². The van der Waals surface area contributed by atoms with Crippen LogP contribution in [0.5, 0.6) is 11.5 Å². The highest BCUT2D eigenvalue weighted by Gasteiger charge is 2.36. The van der Waals surface area contributed by atoms with E-state index in [4.69, 9.17) is 4.74 Å². The second-order valence-corrected chi connectivity index (χ2v) is 12.7. The fourth-order valence-electron chi connectivity index (χ4n) is 4.66. The standard InChI is InChI=1S/C23H28F4O3Si2/c1-2-3-15-10-12-22(32-31,13-11-15)16-4-9-19(20(24)14-16)21(28)29-17-5-7-18(8-6-17)30-23(25,26)27/h4-9,14-15H,2-3,10-13,32H2,1,31H3/t15-,22+. The van der Waals surface area contributed by atoms with Gasteiger partial charge in [0.25, 0.3) is 0 Å². The molecule has 0 unspecified atom stereocenters. The Morgan fingerprint density at radius 1 is 1.12 bits per heavy atom. The van der Waals surface area contributed by atoms with Gasteiger partial charge in [0.15, 0.2) is 0 Å². The fraction of sp³-hybridized carbons (Fsp3) is 0.435. The molecule has 32 heavy (non-hydrogen) atoms. The molecular weight excluding hydrogens is 456 g/mol. The van der Waals surface area contributed by atoms with Gasteiger partial charge >= 0.3 is 12.3 Å². The third-order valence-electron chi connectivity index (χ3n) is 6.51. The van der Waals surface area contributed by atoms with E-state index in [1.165, 1.54) is 49.9 Å². The molecule has 3 rings (SSSR count). The summed E-state index contributed by atoms with van der Waals surface area (Å²) in [4.78, 5) is 12.4. The van der Waals surface area contributed by atoms with Gasteiger partial charge in [0, 0.05) is 9.04 Å². The van der Waals surface area contributed by atoms with Crippen LogP contribution in [0.25, 0.3) is 0 Å². The van der Waals surface area contributed by atoms with Crippen LogP contribution in [-0.4, -0.2) is 31.1 Å². The van der Waals surface area contributed by atoms with Crippen molar-refractivity contribution < 1.29 is 31.8 Å². The van der Waals surface area contributed by atoms with Gasteiger partial charge in [0.2, 0.25) is 0 Å². The van der Waals surface area contributed by atoms with Gasteiger partial charge in [0.05, 0.1) is 5.56 Å². The number of rotatable bonds is 7. The van der Waals surface area contributed by atoms with Crippen LogP contribution < -0.4 is 9.47 Å². The number of halogens is 4. The minimum Gasteiger partial charge on any atom is -0.423 e. The topological polar surface area (TPSA) is 35.5 Å². The summed E-state index contributed by atoms with van der Waals surface area (Å²) in [5, 5.41) is 0.119. The molecule has 1 aliphatic rings. The molecule has 0 saturated heterocycles. The minimum absolute atomic E-state index is 0.00526. The molecule has 1 fully saturated rings. The molecule has 0 N–H and O–H groups in total. The Morgan fingerprint density at radius 2 is 1.75 bits per heavy atom. The summed E-state index contributed by atoms with van der Waals surface area (Å²) in [6, 6.07) is 9.21. The minimum atomic E-state index is -4.81. The Hall–Kier alpha value is -2.14. The van der Waals surface area contributed by atoms with Crippen LogP contribution in [0.4, 0.5) is 17.6 Å². The number of hydrogen-bond donors (Lipinski definition) is 0.